The van der Waals surface area contributed by atoms with Crippen LogP contribution in [-0.2, 0) is 4.74 Å². The van der Waals surface area contributed by atoms with E-state index < -0.39 is 0 Å². The van der Waals surface area contributed by atoms with E-state index in [9.17, 15) is 0 Å². The number of hydrogen-bond donors (Lipinski definition) is 1. The molecule has 2 fully saturated rings. The maximum atomic E-state index is 5.94. The minimum Gasteiger partial charge on any atom is -0.383 e. The van der Waals surface area contributed by atoms with Crippen LogP contribution in [0.1, 0.15) is 18.9 Å². The minimum absolute atomic E-state index is 0.415. The fraction of sp³-hybridized carbons (Fsp3) is 0.615. The lowest BCUT2D eigenvalue weighted by atomic mass is 9.85. The highest BCUT2D eigenvalue weighted by Gasteiger charge is 2.37. The summed E-state index contributed by atoms with van der Waals surface area (Å²) in [6.07, 6.45) is 3.76. The van der Waals surface area contributed by atoms with Crippen LogP contribution in [-0.4, -0.2) is 57.0 Å². The van der Waals surface area contributed by atoms with E-state index in [2.05, 4.69) is 42.6 Å². The number of nitrogens with two attached hydrogens (primary N) is 1. The van der Waals surface area contributed by atoms with Crippen molar-refractivity contribution in [2.45, 2.75) is 24.9 Å². The molecule has 0 unspecified atom stereocenters. The first-order chi connectivity index (χ1) is 10.2. The SMILES string of the molecule is Nc1ncnc2c1c(I)nn2C1CC(N2CCOCC2)C1. The average Bonchev–Trinajstić information content (AvgIpc) is 2.77. The van der Waals surface area contributed by atoms with E-state index in [0.29, 0.717) is 17.9 Å². The van der Waals surface area contributed by atoms with Gasteiger partial charge in [0.1, 0.15) is 15.8 Å². The van der Waals surface area contributed by atoms with Crippen molar-refractivity contribution in [3.05, 3.63) is 10.0 Å². The Balaban J connectivity index is 1.55. The Hall–Kier alpha value is -1.00. The first-order valence-corrected chi connectivity index (χ1v) is 8.28. The summed E-state index contributed by atoms with van der Waals surface area (Å²) in [6.45, 7) is 3.80. The molecular weight excluding hydrogens is 383 g/mol. The van der Waals surface area contributed by atoms with E-state index in [1.54, 1.807) is 0 Å². The fourth-order valence-electron chi connectivity index (χ4n) is 3.21. The van der Waals surface area contributed by atoms with Crippen LogP contribution in [0.25, 0.3) is 11.0 Å². The molecule has 0 radical (unpaired) electrons. The van der Waals surface area contributed by atoms with Crippen LogP contribution in [0, 0.1) is 3.70 Å². The highest BCUT2D eigenvalue weighted by molar-refractivity contribution is 14.1. The predicted octanol–water partition coefficient (Wildman–Crippen LogP) is 1.05. The third-order valence-corrected chi connectivity index (χ3v) is 5.23. The molecule has 8 heteroatoms. The summed E-state index contributed by atoms with van der Waals surface area (Å²) >= 11 is 2.21. The van der Waals surface area contributed by atoms with Crippen LogP contribution in [0.15, 0.2) is 6.33 Å². The molecule has 3 heterocycles. The normalized spacial score (nSPS) is 26.9. The average molecular weight is 400 g/mol. The van der Waals surface area contributed by atoms with Gasteiger partial charge in [0.2, 0.25) is 0 Å². The zero-order valence-electron chi connectivity index (χ0n) is 11.6. The molecule has 1 aliphatic heterocycles. The van der Waals surface area contributed by atoms with Crippen molar-refractivity contribution in [3.8, 4) is 0 Å². The number of ether oxygens (including phenoxy) is 1. The Kier molecular flexibility index (Phi) is 3.46. The number of nitrogens with zero attached hydrogens (tertiary/aromatic N) is 5. The number of aromatic nitrogens is 4. The van der Waals surface area contributed by atoms with Gasteiger partial charge in [0.25, 0.3) is 0 Å². The highest BCUT2D eigenvalue weighted by atomic mass is 127. The lowest BCUT2D eigenvalue weighted by Gasteiger charge is -2.44. The number of anilines is 1. The number of morpholine rings is 1. The summed E-state index contributed by atoms with van der Waals surface area (Å²) in [4.78, 5) is 11.0. The second-order valence-corrected chi connectivity index (χ2v) is 6.64. The Labute approximate surface area is 136 Å². The van der Waals surface area contributed by atoms with Gasteiger partial charge in [-0.2, -0.15) is 5.10 Å². The molecule has 1 aliphatic carbocycles. The van der Waals surface area contributed by atoms with Crippen LogP contribution in [0.2, 0.25) is 0 Å². The summed E-state index contributed by atoms with van der Waals surface area (Å²) in [5.41, 5.74) is 6.80. The zero-order valence-corrected chi connectivity index (χ0v) is 13.7. The maximum absolute atomic E-state index is 5.94. The van der Waals surface area contributed by atoms with Gasteiger partial charge in [-0.3, -0.25) is 4.90 Å². The van der Waals surface area contributed by atoms with Crippen LogP contribution in [0.3, 0.4) is 0 Å². The van der Waals surface area contributed by atoms with E-state index in [0.717, 1.165) is 53.9 Å². The molecule has 4 rings (SSSR count). The first-order valence-electron chi connectivity index (χ1n) is 7.20. The second kappa shape index (κ2) is 5.33. The number of rotatable bonds is 2. The molecule has 0 aromatic carbocycles. The molecule has 7 nitrogen and oxygen atoms in total. The van der Waals surface area contributed by atoms with Gasteiger partial charge in [-0.1, -0.05) is 0 Å². The van der Waals surface area contributed by atoms with Gasteiger partial charge < -0.3 is 10.5 Å². The van der Waals surface area contributed by atoms with E-state index in [-0.39, 0.29) is 0 Å². The number of fused-ring (bicyclic) bond motifs is 1. The molecule has 112 valence electrons. The molecule has 0 atom stereocenters. The second-order valence-electron chi connectivity index (χ2n) is 5.62. The fourth-order valence-corrected chi connectivity index (χ4v) is 3.96. The number of nitrogen functional groups attached to an aromatic ring is 1. The minimum atomic E-state index is 0.415. The molecule has 1 saturated carbocycles. The molecule has 2 aromatic rings. The summed E-state index contributed by atoms with van der Waals surface area (Å²) in [5.74, 6) is 0.514. The summed E-state index contributed by atoms with van der Waals surface area (Å²) < 4.78 is 8.33. The van der Waals surface area contributed by atoms with Gasteiger partial charge in [-0.25, -0.2) is 14.6 Å². The Bertz CT molecular complexity index is 662. The van der Waals surface area contributed by atoms with E-state index in [1.807, 2.05) is 4.68 Å². The molecule has 0 spiro atoms. The van der Waals surface area contributed by atoms with Gasteiger partial charge in [0.05, 0.1) is 24.6 Å². The zero-order chi connectivity index (χ0) is 14.4. The molecule has 0 bridgehead atoms. The predicted molar refractivity (Wildman–Crippen MR) is 86.9 cm³/mol. The van der Waals surface area contributed by atoms with Crippen molar-refractivity contribution in [2.24, 2.45) is 0 Å². The van der Waals surface area contributed by atoms with E-state index in [4.69, 9.17) is 10.5 Å². The lowest BCUT2D eigenvalue weighted by Crippen LogP contribution is -2.50. The van der Waals surface area contributed by atoms with Crippen molar-refractivity contribution in [3.63, 3.8) is 0 Å². The van der Waals surface area contributed by atoms with Gasteiger partial charge in [0, 0.05) is 19.1 Å². The van der Waals surface area contributed by atoms with Gasteiger partial charge in [-0.05, 0) is 35.4 Å². The summed E-state index contributed by atoms with van der Waals surface area (Å²) in [7, 11) is 0. The van der Waals surface area contributed by atoms with Crippen LogP contribution in [0.5, 0.6) is 0 Å². The standard InChI is InChI=1S/C13H17IN6O/c14-11-10-12(15)16-7-17-13(10)20(18-11)9-5-8(6-9)19-1-3-21-4-2-19/h7-9H,1-6H2,(H2,15,16,17). The smallest absolute Gasteiger partial charge is 0.164 e. The van der Waals surface area contributed by atoms with Crippen molar-refractivity contribution in [2.75, 3.05) is 32.0 Å². The third-order valence-electron chi connectivity index (χ3n) is 4.47. The van der Waals surface area contributed by atoms with E-state index in [1.165, 1.54) is 6.33 Å². The molecule has 2 N–H and O–H groups in total. The van der Waals surface area contributed by atoms with Crippen molar-refractivity contribution in [1.29, 1.82) is 0 Å². The van der Waals surface area contributed by atoms with Gasteiger partial charge in [0.15, 0.2) is 5.65 Å². The molecule has 0 amide bonds. The van der Waals surface area contributed by atoms with Crippen LogP contribution >= 0.6 is 22.6 Å². The lowest BCUT2D eigenvalue weighted by molar-refractivity contribution is -0.0158. The molecule has 2 aromatic heterocycles. The van der Waals surface area contributed by atoms with Crippen LogP contribution < -0.4 is 5.73 Å². The number of hydrogen-bond acceptors (Lipinski definition) is 6. The summed E-state index contributed by atoms with van der Waals surface area (Å²) in [5, 5.41) is 5.51. The topological polar surface area (TPSA) is 82.1 Å². The number of halogens is 1. The molecule has 21 heavy (non-hydrogen) atoms. The maximum Gasteiger partial charge on any atom is 0.164 e. The highest BCUT2D eigenvalue weighted by Crippen LogP contribution is 2.38. The van der Waals surface area contributed by atoms with Gasteiger partial charge >= 0.3 is 0 Å². The quantitative estimate of drug-likeness (QED) is 0.760. The molecule has 1 saturated heterocycles. The van der Waals surface area contributed by atoms with Crippen molar-refractivity contribution < 1.29 is 4.74 Å². The molecular formula is C13H17IN6O. The largest absolute Gasteiger partial charge is 0.383 e. The monoisotopic (exact) mass is 400 g/mol. The summed E-state index contributed by atoms with van der Waals surface area (Å²) in [6, 6.07) is 1.06. The van der Waals surface area contributed by atoms with E-state index >= 15 is 0 Å². The van der Waals surface area contributed by atoms with Crippen molar-refractivity contribution in [1.82, 2.24) is 24.6 Å². The first kappa shape index (κ1) is 13.6. The molecule has 2 aliphatic rings. The Morgan fingerprint density at radius 3 is 2.71 bits per heavy atom. The Morgan fingerprint density at radius 1 is 1.19 bits per heavy atom. The third kappa shape index (κ3) is 2.29. The Morgan fingerprint density at radius 2 is 1.95 bits per heavy atom. The van der Waals surface area contributed by atoms with Gasteiger partial charge in [-0.15, -0.1) is 0 Å². The van der Waals surface area contributed by atoms with Crippen LogP contribution in [0.4, 0.5) is 5.82 Å². The van der Waals surface area contributed by atoms with Crippen molar-refractivity contribution >= 4 is 39.4 Å².